The van der Waals surface area contributed by atoms with Gasteiger partial charge in [-0.1, -0.05) is 46.6 Å². The third-order valence-electron chi connectivity index (χ3n) is 5.49. The van der Waals surface area contributed by atoms with Crippen LogP contribution in [-0.4, -0.2) is 36.2 Å². The summed E-state index contributed by atoms with van der Waals surface area (Å²) in [6.07, 6.45) is -4.47. The standard InChI is InChI=1S/C22H20Cl2F3N3O/c1-14-17(21(28-31-14)16-4-2-3-5-18(16)22(25,26)27)13-29-8-10-30(11-9-29)15-6-7-19(23)20(24)12-15/h2-7,12H,8-11,13H2,1H3. The Kier molecular flexibility index (Phi) is 6.19. The zero-order valence-electron chi connectivity index (χ0n) is 16.7. The molecule has 0 spiro atoms. The first-order chi connectivity index (χ1) is 14.7. The van der Waals surface area contributed by atoms with Crippen LogP contribution in [0.2, 0.25) is 10.0 Å². The van der Waals surface area contributed by atoms with Crippen LogP contribution in [0.5, 0.6) is 0 Å². The van der Waals surface area contributed by atoms with Gasteiger partial charge in [0.15, 0.2) is 0 Å². The van der Waals surface area contributed by atoms with Crippen molar-refractivity contribution in [1.82, 2.24) is 10.1 Å². The number of benzene rings is 2. The molecule has 2 heterocycles. The van der Waals surface area contributed by atoms with Crippen molar-refractivity contribution < 1.29 is 17.7 Å². The molecule has 1 aliphatic heterocycles. The van der Waals surface area contributed by atoms with Gasteiger partial charge in [-0.2, -0.15) is 13.2 Å². The fraction of sp³-hybridized carbons (Fsp3) is 0.318. The number of aryl methyl sites for hydroxylation is 1. The Balaban J connectivity index is 1.51. The van der Waals surface area contributed by atoms with Gasteiger partial charge >= 0.3 is 6.18 Å². The second-order valence-corrected chi connectivity index (χ2v) is 8.29. The van der Waals surface area contributed by atoms with E-state index in [9.17, 15) is 13.2 Å². The Morgan fingerprint density at radius 3 is 2.39 bits per heavy atom. The van der Waals surface area contributed by atoms with Gasteiger partial charge < -0.3 is 9.42 Å². The number of halogens is 5. The molecular formula is C22H20Cl2F3N3O. The predicted molar refractivity (Wildman–Crippen MR) is 116 cm³/mol. The molecule has 1 aromatic heterocycles. The van der Waals surface area contributed by atoms with Crippen molar-refractivity contribution >= 4 is 28.9 Å². The fourth-order valence-electron chi connectivity index (χ4n) is 3.80. The molecule has 2 aromatic carbocycles. The lowest BCUT2D eigenvalue weighted by Gasteiger charge is -2.36. The summed E-state index contributed by atoms with van der Waals surface area (Å²) in [5.41, 5.74) is 1.25. The molecule has 0 bridgehead atoms. The van der Waals surface area contributed by atoms with Crippen molar-refractivity contribution in [1.29, 1.82) is 0 Å². The van der Waals surface area contributed by atoms with Gasteiger partial charge in [0, 0.05) is 49.5 Å². The summed E-state index contributed by atoms with van der Waals surface area (Å²) < 4.78 is 45.8. The van der Waals surface area contributed by atoms with E-state index >= 15 is 0 Å². The van der Waals surface area contributed by atoms with Crippen LogP contribution >= 0.6 is 23.2 Å². The summed E-state index contributed by atoms with van der Waals surface area (Å²) in [5, 5.41) is 4.99. The maximum absolute atomic E-state index is 13.5. The highest BCUT2D eigenvalue weighted by Crippen LogP contribution is 2.38. The number of alkyl halides is 3. The lowest BCUT2D eigenvalue weighted by atomic mass is 10.00. The lowest BCUT2D eigenvalue weighted by Crippen LogP contribution is -2.46. The van der Waals surface area contributed by atoms with Crippen LogP contribution in [0.25, 0.3) is 11.3 Å². The maximum atomic E-state index is 13.5. The molecule has 4 nitrogen and oxygen atoms in total. The van der Waals surface area contributed by atoms with E-state index in [-0.39, 0.29) is 11.3 Å². The van der Waals surface area contributed by atoms with Gasteiger partial charge in [-0.25, -0.2) is 0 Å². The zero-order chi connectivity index (χ0) is 22.2. The normalized spacial score (nSPS) is 15.5. The molecule has 31 heavy (non-hydrogen) atoms. The van der Waals surface area contributed by atoms with Crippen LogP contribution in [0.4, 0.5) is 18.9 Å². The fourth-order valence-corrected chi connectivity index (χ4v) is 4.09. The van der Waals surface area contributed by atoms with E-state index < -0.39 is 11.7 Å². The summed E-state index contributed by atoms with van der Waals surface area (Å²) in [7, 11) is 0. The van der Waals surface area contributed by atoms with E-state index in [0.29, 0.717) is 27.9 Å². The zero-order valence-corrected chi connectivity index (χ0v) is 18.2. The van der Waals surface area contributed by atoms with Crippen molar-refractivity contribution in [2.75, 3.05) is 31.1 Å². The molecule has 0 atom stereocenters. The first-order valence-electron chi connectivity index (χ1n) is 9.78. The maximum Gasteiger partial charge on any atom is 0.417 e. The molecule has 0 aliphatic carbocycles. The highest BCUT2D eigenvalue weighted by Gasteiger charge is 2.35. The number of anilines is 1. The van der Waals surface area contributed by atoms with Gasteiger partial charge in [0.1, 0.15) is 11.5 Å². The van der Waals surface area contributed by atoms with Crippen molar-refractivity contribution in [2.24, 2.45) is 0 Å². The third kappa shape index (κ3) is 4.68. The van der Waals surface area contributed by atoms with E-state index in [4.69, 9.17) is 27.7 Å². The van der Waals surface area contributed by atoms with Gasteiger partial charge in [-0.3, -0.25) is 4.90 Å². The topological polar surface area (TPSA) is 32.5 Å². The molecule has 1 fully saturated rings. The van der Waals surface area contributed by atoms with Crippen LogP contribution in [-0.2, 0) is 12.7 Å². The summed E-state index contributed by atoms with van der Waals surface area (Å²) in [5.74, 6) is 0.527. The highest BCUT2D eigenvalue weighted by molar-refractivity contribution is 6.42. The number of aromatic nitrogens is 1. The van der Waals surface area contributed by atoms with Crippen LogP contribution in [0, 0.1) is 6.92 Å². The van der Waals surface area contributed by atoms with Crippen LogP contribution in [0.3, 0.4) is 0 Å². The first kappa shape index (κ1) is 22.0. The van der Waals surface area contributed by atoms with Crippen molar-refractivity contribution in [3.63, 3.8) is 0 Å². The van der Waals surface area contributed by atoms with E-state index in [2.05, 4.69) is 15.0 Å². The Morgan fingerprint density at radius 1 is 1.00 bits per heavy atom. The Labute approximate surface area is 188 Å². The molecule has 0 amide bonds. The van der Waals surface area contributed by atoms with Gasteiger partial charge in [0.05, 0.1) is 15.6 Å². The summed E-state index contributed by atoms with van der Waals surface area (Å²) in [6.45, 7) is 5.20. The van der Waals surface area contributed by atoms with E-state index in [1.165, 1.54) is 12.1 Å². The lowest BCUT2D eigenvalue weighted by molar-refractivity contribution is -0.137. The van der Waals surface area contributed by atoms with Crippen LogP contribution in [0.1, 0.15) is 16.9 Å². The number of piperazine rings is 1. The molecular weight excluding hydrogens is 450 g/mol. The Bertz CT molecular complexity index is 1080. The average molecular weight is 470 g/mol. The number of hydrogen-bond donors (Lipinski definition) is 0. The van der Waals surface area contributed by atoms with E-state index in [1.807, 2.05) is 12.1 Å². The summed E-state index contributed by atoms with van der Waals surface area (Å²) in [4.78, 5) is 4.40. The van der Waals surface area contributed by atoms with Gasteiger partial charge in [-0.05, 0) is 31.2 Å². The summed E-state index contributed by atoms with van der Waals surface area (Å²) >= 11 is 12.1. The van der Waals surface area contributed by atoms with Crippen molar-refractivity contribution in [3.05, 3.63) is 69.4 Å². The molecule has 0 radical (unpaired) electrons. The quantitative estimate of drug-likeness (QED) is 0.448. The molecule has 164 valence electrons. The summed E-state index contributed by atoms with van der Waals surface area (Å²) in [6, 6.07) is 11.0. The molecule has 9 heteroatoms. The van der Waals surface area contributed by atoms with Crippen molar-refractivity contribution in [3.8, 4) is 11.3 Å². The monoisotopic (exact) mass is 469 g/mol. The molecule has 1 aliphatic rings. The van der Waals surface area contributed by atoms with E-state index in [1.54, 1.807) is 19.1 Å². The third-order valence-corrected chi connectivity index (χ3v) is 6.23. The SMILES string of the molecule is Cc1onc(-c2ccccc2C(F)(F)F)c1CN1CCN(c2ccc(Cl)c(Cl)c2)CC1. The number of hydrogen-bond acceptors (Lipinski definition) is 4. The number of nitrogens with zero attached hydrogens (tertiary/aromatic N) is 3. The van der Waals surface area contributed by atoms with Gasteiger partial charge in [-0.15, -0.1) is 0 Å². The molecule has 1 saturated heterocycles. The molecule has 0 saturated carbocycles. The first-order valence-corrected chi connectivity index (χ1v) is 10.5. The molecule has 4 rings (SSSR count). The molecule has 3 aromatic rings. The largest absolute Gasteiger partial charge is 0.417 e. The molecule has 0 N–H and O–H groups in total. The second kappa shape index (κ2) is 8.73. The van der Waals surface area contributed by atoms with E-state index in [0.717, 1.165) is 37.9 Å². The minimum absolute atomic E-state index is 0.0382. The Hall–Kier alpha value is -2.22. The smallest absolute Gasteiger partial charge is 0.369 e. The van der Waals surface area contributed by atoms with Crippen LogP contribution in [0.15, 0.2) is 47.0 Å². The predicted octanol–water partition coefficient (Wildman–Crippen LogP) is 6.30. The second-order valence-electron chi connectivity index (χ2n) is 7.47. The van der Waals surface area contributed by atoms with Crippen molar-refractivity contribution in [2.45, 2.75) is 19.6 Å². The minimum Gasteiger partial charge on any atom is -0.369 e. The average Bonchev–Trinajstić information content (AvgIpc) is 3.10. The minimum atomic E-state index is -4.47. The highest BCUT2D eigenvalue weighted by atomic mass is 35.5. The number of rotatable bonds is 4. The Morgan fingerprint density at radius 2 is 1.71 bits per heavy atom. The molecule has 0 unspecified atom stereocenters. The van der Waals surface area contributed by atoms with Gasteiger partial charge in [0.2, 0.25) is 0 Å². The van der Waals surface area contributed by atoms with Gasteiger partial charge in [0.25, 0.3) is 0 Å². The van der Waals surface area contributed by atoms with Crippen LogP contribution < -0.4 is 4.90 Å².